The standard InChI is InChI=1S/C29H28F4N2O2S/c1-28(2,3)21-11-7-20(8-12-21)27-35(26(37)19-9-13-23(30)14-10-19)24(17-38-27)25(36)34-16-18-5-4-6-22(15-18)29(31,32)33/h4-15,24,27H,16-17H2,1-3H3,(H,34,36). The first-order valence-corrected chi connectivity index (χ1v) is 13.1. The molecule has 0 bridgehead atoms. The molecule has 2 unspecified atom stereocenters. The molecule has 200 valence electrons. The molecule has 0 spiro atoms. The molecule has 1 saturated heterocycles. The molecule has 1 aliphatic heterocycles. The van der Waals surface area contributed by atoms with Gasteiger partial charge in [-0.15, -0.1) is 11.8 Å². The molecule has 0 saturated carbocycles. The number of hydrogen-bond acceptors (Lipinski definition) is 3. The van der Waals surface area contributed by atoms with Gasteiger partial charge in [-0.05, 0) is 58.5 Å². The zero-order valence-electron chi connectivity index (χ0n) is 21.2. The molecule has 2 amide bonds. The van der Waals surface area contributed by atoms with Crippen molar-refractivity contribution in [1.82, 2.24) is 10.2 Å². The molecular weight excluding hydrogens is 516 g/mol. The highest BCUT2D eigenvalue weighted by Crippen LogP contribution is 2.43. The summed E-state index contributed by atoms with van der Waals surface area (Å²) in [5.41, 5.74) is 1.64. The second-order valence-corrected chi connectivity index (χ2v) is 11.3. The molecular formula is C29H28F4N2O2S. The number of amides is 2. The lowest BCUT2D eigenvalue weighted by Gasteiger charge is -2.30. The summed E-state index contributed by atoms with van der Waals surface area (Å²) in [4.78, 5) is 28.3. The Balaban J connectivity index is 1.59. The van der Waals surface area contributed by atoms with Gasteiger partial charge in [0.05, 0.1) is 5.56 Å². The van der Waals surface area contributed by atoms with Crippen LogP contribution in [0.1, 0.15) is 58.8 Å². The molecule has 1 N–H and O–H groups in total. The molecule has 4 rings (SSSR count). The Kier molecular flexibility index (Phi) is 7.88. The van der Waals surface area contributed by atoms with Crippen LogP contribution in [0.5, 0.6) is 0 Å². The van der Waals surface area contributed by atoms with Crippen LogP contribution in [0.25, 0.3) is 0 Å². The topological polar surface area (TPSA) is 49.4 Å². The zero-order valence-corrected chi connectivity index (χ0v) is 22.0. The first-order chi connectivity index (χ1) is 17.8. The highest BCUT2D eigenvalue weighted by atomic mass is 32.2. The molecule has 0 aromatic heterocycles. The molecule has 1 heterocycles. The molecule has 0 radical (unpaired) electrons. The van der Waals surface area contributed by atoms with E-state index < -0.39 is 40.8 Å². The minimum Gasteiger partial charge on any atom is -0.350 e. The number of alkyl halides is 3. The number of carbonyl (C=O) groups excluding carboxylic acids is 2. The molecule has 9 heteroatoms. The largest absolute Gasteiger partial charge is 0.416 e. The molecule has 2 atom stereocenters. The smallest absolute Gasteiger partial charge is 0.350 e. The van der Waals surface area contributed by atoms with Gasteiger partial charge in [0, 0.05) is 17.9 Å². The van der Waals surface area contributed by atoms with E-state index in [1.165, 1.54) is 53.1 Å². The van der Waals surface area contributed by atoms with E-state index in [9.17, 15) is 27.2 Å². The van der Waals surface area contributed by atoms with Gasteiger partial charge in [0.15, 0.2) is 0 Å². The quantitative estimate of drug-likeness (QED) is 0.363. The van der Waals surface area contributed by atoms with Gasteiger partial charge in [0.1, 0.15) is 17.2 Å². The Labute approximate surface area is 223 Å². The van der Waals surface area contributed by atoms with Crippen LogP contribution in [-0.2, 0) is 22.9 Å². The fourth-order valence-corrected chi connectivity index (χ4v) is 5.70. The van der Waals surface area contributed by atoms with Crippen LogP contribution in [0, 0.1) is 5.82 Å². The van der Waals surface area contributed by atoms with Crippen molar-refractivity contribution >= 4 is 23.6 Å². The summed E-state index contributed by atoms with van der Waals surface area (Å²) in [5.74, 6) is -1.09. The maximum Gasteiger partial charge on any atom is 0.416 e. The Morgan fingerprint density at radius 1 is 0.947 bits per heavy atom. The highest BCUT2D eigenvalue weighted by Gasteiger charge is 2.42. The SMILES string of the molecule is CC(C)(C)c1ccc(C2SCC(C(=O)NCc3cccc(C(F)(F)F)c3)N2C(=O)c2ccc(F)cc2)cc1. The Morgan fingerprint density at radius 3 is 2.21 bits per heavy atom. The molecule has 38 heavy (non-hydrogen) atoms. The van der Waals surface area contributed by atoms with Crippen LogP contribution < -0.4 is 5.32 Å². The summed E-state index contributed by atoms with van der Waals surface area (Å²) in [6, 6.07) is 16.9. The zero-order chi connectivity index (χ0) is 27.7. The van der Waals surface area contributed by atoms with Crippen LogP contribution in [-0.4, -0.2) is 28.5 Å². The number of thioether (sulfide) groups is 1. The van der Waals surface area contributed by atoms with Gasteiger partial charge in [-0.2, -0.15) is 13.2 Å². The van der Waals surface area contributed by atoms with E-state index in [4.69, 9.17) is 0 Å². The van der Waals surface area contributed by atoms with Crippen molar-refractivity contribution in [3.63, 3.8) is 0 Å². The van der Waals surface area contributed by atoms with Crippen LogP contribution in [0.3, 0.4) is 0 Å². The van der Waals surface area contributed by atoms with Crippen molar-refractivity contribution in [3.05, 3.63) is 106 Å². The fourth-order valence-electron chi connectivity index (χ4n) is 4.27. The number of nitrogens with zero attached hydrogens (tertiary/aromatic N) is 1. The van der Waals surface area contributed by atoms with E-state index in [1.54, 1.807) is 0 Å². The lowest BCUT2D eigenvalue weighted by Crippen LogP contribution is -2.47. The first kappa shape index (κ1) is 27.7. The van der Waals surface area contributed by atoms with Crippen molar-refractivity contribution in [2.45, 2.75) is 50.3 Å². The second kappa shape index (κ2) is 10.8. The van der Waals surface area contributed by atoms with Crippen molar-refractivity contribution in [1.29, 1.82) is 0 Å². The van der Waals surface area contributed by atoms with E-state index in [-0.39, 0.29) is 17.5 Å². The van der Waals surface area contributed by atoms with Crippen LogP contribution in [0.15, 0.2) is 72.8 Å². The van der Waals surface area contributed by atoms with Crippen molar-refractivity contribution in [2.75, 3.05) is 5.75 Å². The third kappa shape index (κ3) is 6.20. The third-order valence-electron chi connectivity index (χ3n) is 6.41. The lowest BCUT2D eigenvalue weighted by molar-refractivity contribution is -0.137. The Bertz CT molecular complexity index is 1300. The minimum absolute atomic E-state index is 0.0587. The molecule has 1 aliphatic rings. The van der Waals surface area contributed by atoms with E-state index in [1.807, 2.05) is 24.3 Å². The van der Waals surface area contributed by atoms with Crippen LogP contribution >= 0.6 is 11.8 Å². The molecule has 0 aliphatic carbocycles. The maximum absolute atomic E-state index is 13.6. The van der Waals surface area contributed by atoms with Crippen molar-refractivity contribution in [3.8, 4) is 0 Å². The molecule has 3 aromatic carbocycles. The maximum atomic E-state index is 13.6. The van der Waals surface area contributed by atoms with Gasteiger partial charge < -0.3 is 10.2 Å². The van der Waals surface area contributed by atoms with E-state index in [2.05, 4.69) is 26.1 Å². The van der Waals surface area contributed by atoms with Crippen LogP contribution in [0.4, 0.5) is 17.6 Å². The Morgan fingerprint density at radius 2 is 1.61 bits per heavy atom. The average Bonchev–Trinajstić information content (AvgIpc) is 3.32. The van der Waals surface area contributed by atoms with E-state index >= 15 is 0 Å². The highest BCUT2D eigenvalue weighted by molar-refractivity contribution is 7.99. The third-order valence-corrected chi connectivity index (χ3v) is 7.73. The molecule has 3 aromatic rings. The predicted molar refractivity (Wildman–Crippen MR) is 140 cm³/mol. The summed E-state index contributed by atoms with van der Waals surface area (Å²) < 4.78 is 52.7. The van der Waals surface area contributed by atoms with Gasteiger partial charge in [0.2, 0.25) is 5.91 Å². The number of benzene rings is 3. The summed E-state index contributed by atoms with van der Waals surface area (Å²) in [7, 11) is 0. The summed E-state index contributed by atoms with van der Waals surface area (Å²) in [6.07, 6.45) is -4.49. The number of halogens is 4. The molecule has 1 fully saturated rings. The van der Waals surface area contributed by atoms with Crippen LogP contribution in [0.2, 0.25) is 0 Å². The van der Waals surface area contributed by atoms with Gasteiger partial charge >= 0.3 is 6.18 Å². The number of hydrogen-bond donors (Lipinski definition) is 1. The monoisotopic (exact) mass is 544 g/mol. The van der Waals surface area contributed by atoms with Gasteiger partial charge in [-0.25, -0.2) is 4.39 Å². The van der Waals surface area contributed by atoms with Crippen molar-refractivity contribution < 1.29 is 27.2 Å². The summed E-state index contributed by atoms with van der Waals surface area (Å²) in [6.45, 7) is 6.18. The predicted octanol–water partition coefficient (Wildman–Crippen LogP) is 6.71. The lowest BCUT2D eigenvalue weighted by atomic mass is 9.86. The summed E-state index contributed by atoms with van der Waals surface area (Å²) >= 11 is 1.43. The normalized spacial score (nSPS) is 17.9. The molecule has 4 nitrogen and oxygen atoms in total. The fraction of sp³-hybridized carbons (Fsp3) is 0.310. The second-order valence-electron chi connectivity index (χ2n) is 10.2. The van der Waals surface area contributed by atoms with Gasteiger partial charge in [-0.3, -0.25) is 9.59 Å². The van der Waals surface area contributed by atoms with Crippen molar-refractivity contribution in [2.24, 2.45) is 0 Å². The average molecular weight is 545 g/mol. The number of rotatable bonds is 5. The minimum atomic E-state index is -4.49. The van der Waals surface area contributed by atoms with E-state index in [0.29, 0.717) is 11.3 Å². The van der Waals surface area contributed by atoms with Gasteiger partial charge in [-0.1, -0.05) is 57.2 Å². The first-order valence-electron chi connectivity index (χ1n) is 12.1. The number of carbonyl (C=O) groups is 2. The Hall–Kier alpha value is -3.33. The van der Waals surface area contributed by atoms with E-state index in [0.717, 1.165) is 23.3 Å². The summed E-state index contributed by atoms with van der Waals surface area (Å²) in [5, 5.41) is 2.23. The number of nitrogens with one attached hydrogen (secondary N) is 1. The van der Waals surface area contributed by atoms with Gasteiger partial charge in [0.25, 0.3) is 5.91 Å².